The van der Waals surface area contributed by atoms with Gasteiger partial charge in [-0.3, -0.25) is 4.79 Å². The molecule has 1 saturated heterocycles. The Bertz CT molecular complexity index is 335. The average Bonchev–Trinajstić information content (AvgIpc) is 2.79. The molecular weight excluding hydrogens is 271 g/mol. The van der Waals surface area contributed by atoms with Crippen LogP contribution in [0.1, 0.15) is 33.1 Å². The fourth-order valence-electron chi connectivity index (χ4n) is 2.66. The molecular formula is C13H22Cl2N2O. The lowest BCUT2D eigenvalue weighted by Crippen LogP contribution is -2.42. The summed E-state index contributed by atoms with van der Waals surface area (Å²) in [6.45, 7) is 8.00. The molecule has 2 fully saturated rings. The first-order valence-electron chi connectivity index (χ1n) is 6.74. The summed E-state index contributed by atoms with van der Waals surface area (Å²) in [5.41, 5.74) is -0.592. The number of hydrogen-bond donors (Lipinski definition) is 1. The predicted octanol–water partition coefficient (Wildman–Crippen LogP) is 2.42. The number of nitrogens with one attached hydrogen (secondary N) is 1. The van der Waals surface area contributed by atoms with Gasteiger partial charge >= 0.3 is 0 Å². The molecule has 18 heavy (non-hydrogen) atoms. The van der Waals surface area contributed by atoms with Crippen molar-refractivity contribution in [3.05, 3.63) is 0 Å². The summed E-state index contributed by atoms with van der Waals surface area (Å²) in [4.78, 5) is 14.4. The van der Waals surface area contributed by atoms with Gasteiger partial charge in [0.2, 0.25) is 5.91 Å². The average molecular weight is 293 g/mol. The molecule has 0 aromatic heterocycles. The van der Waals surface area contributed by atoms with Gasteiger partial charge < -0.3 is 10.2 Å². The van der Waals surface area contributed by atoms with E-state index in [4.69, 9.17) is 23.2 Å². The summed E-state index contributed by atoms with van der Waals surface area (Å²) in [7, 11) is 0. The second-order valence-electron chi connectivity index (χ2n) is 6.02. The highest BCUT2D eigenvalue weighted by atomic mass is 35.5. The lowest BCUT2D eigenvalue weighted by Gasteiger charge is -2.30. The van der Waals surface area contributed by atoms with E-state index in [-0.39, 0.29) is 5.91 Å². The molecule has 1 aliphatic carbocycles. The summed E-state index contributed by atoms with van der Waals surface area (Å²) in [6, 6.07) is 0. The van der Waals surface area contributed by atoms with E-state index in [1.165, 1.54) is 12.8 Å². The third kappa shape index (κ3) is 2.94. The van der Waals surface area contributed by atoms with E-state index in [1.807, 2.05) is 6.92 Å². The van der Waals surface area contributed by atoms with E-state index in [0.717, 1.165) is 25.6 Å². The SMILES string of the molecule is C[C@H]1CCCN(CCNC(=O)[C@@]2(C)CC2(Cl)Cl)C1. The van der Waals surface area contributed by atoms with Crippen LogP contribution in [-0.4, -0.2) is 41.3 Å². The van der Waals surface area contributed by atoms with Gasteiger partial charge in [0.1, 0.15) is 4.33 Å². The lowest BCUT2D eigenvalue weighted by atomic mass is 10.0. The van der Waals surface area contributed by atoms with Crippen molar-refractivity contribution >= 4 is 29.1 Å². The number of hydrogen-bond acceptors (Lipinski definition) is 2. The largest absolute Gasteiger partial charge is 0.354 e. The van der Waals surface area contributed by atoms with Crippen molar-refractivity contribution in [3.63, 3.8) is 0 Å². The summed E-state index contributed by atoms with van der Waals surface area (Å²) >= 11 is 12.0. The van der Waals surface area contributed by atoms with Crippen molar-refractivity contribution in [3.8, 4) is 0 Å². The standard InChI is InChI=1S/C13H22Cl2N2O/c1-10-4-3-6-17(8-10)7-5-16-11(18)12(2)9-13(12,14)15/h10H,3-9H2,1-2H3,(H,16,18)/t10-,12+/m0/s1. The Morgan fingerprint density at radius 3 is 2.72 bits per heavy atom. The van der Waals surface area contributed by atoms with Crippen molar-refractivity contribution in [1.82, 2.24) is 10.2 Å². The van der Waals surface area contributed by atoms with Gasteiger partial charge in [0.25, 0.3) is 0 Å². The Balaban J connectivity index is 1.68. The van der Waals surface area contributed by atoms with Crippen LogP contribution in [0.25, 0.3) is 0 Å². The molecule has 2 rings (SSSR count). The maximum Gasteiger partial charge on any atom is 0.229 e. The van der Waals surface area contributed by atoms with Gasteiger partial charge in [-0.05, 0) is 38.6 Å². The van der Waals surface area contributed by atoms with Gasteiger partial charge in [0, 0.05) is 19.6 Å². The molecule has 1 heterocycles. The van der Waals surface area contributed by atoms with Gasteiger partial charge in [0.05, 0.1) is 5.41 Å². The number of alkyl halides is 2. The molecule has 0 aromatic carbocycles. The quantitative estimate of drug-likeness (QED) is 0.807. The Kier molecular flexibility index (Phi) is 4.15. The van der Waals surface area contributed by atoms with Gasteiger partial charge in [0.15, 0.2) is 0 Å². The Labute approximate surface area is 119 Å². The first-order chi connectivity index (χ1) is 8.35. The highest BCUT2D eigenvalue weighted by Crippen LogP contribution is 2.63. The molecule has 0 spiro atoms. The molecule has 2 atom stereocenters. The number of carbonyl (C=O) groups excluding carboxylic acids is 1. The summed E-state index contributed by atoms with van der Waals surface area (Å²) in [5.74, 6) is 0.756. The first-order valence-corrected chi connectivity index (χ1v) is 7.49. The number of carbonyl (C=O) groups is 1. The molecule has 1 aliphatic heterocycles. The summed E-state index contributed by atoms with van der Waals surface area (Å²) < 4.78 is -0.864. The van der Waals surface area contributed by atoms with Crippen LogP contribution in [0.5, 0.6) is 0 Å². The maximum absolute atomic E-state index is 12.0. The van der Waals surface area contributed by atoms with Crippen LogP contribution in [0.3, 0.4) is 0 Å². The highest BCUT2D eigenvalue weighted by molar-refractivity contribution is 6.53. The third-order valence-corrected chi connectivity index (χ3v) is 5.32. The van der Waals surface area contributed by atoms with Crippen LogP contribution in [-0.2, 0) is 4.79 Å². The van der Waals surface area contributed by atoms with Crippen molar-refractivity contribution < 1.29 is 4.79 Å². The Morgan fingerprint density at radius 1 is 1.50 bits per heavy atom. The molecule has 0 bridgehead atoms. The van der Waals surface area contributed by atoms with E-state index in [9.17, 15) is 4.79 Å². The van der Waals surface area contributed by atoms with Crippen molar-refractivity contribution in [2.75, 3.05) is 26.2 Å². The van der Waals surface area contributed by atoms with E-state index in [1.54, 1.807) is 0 Å². The number of rotatable bonds is 4. The molecule has 104 valence electrons. The monoisotopic (exact) mass is 292 g/mol. The molecule has 0 radical (unpaired) electrons. The smallest absolute Gasteiger partial charge is 0.229 e. The van der Waals surface area contributed by atoms with Crippen LogP contribution in [0, 0.1) is 11.3 Å². The highest BCUT2D eigenvalue weighted by Gasteiger charge is 2.67. The second-order valence-corrected chi connectivity index (χ2v) is 7.50. The molecule has 3 nitrogen and oxygen atoms in total. The zero-order valence-corrected chi connectivity index (χ0v) is 12.7. The number of halogens is 2. The van der Waals surface area contributed by atoms with Crippen LogP contribution < -0.4 is 5.32 Å². The van der Waals surface area contributed by atoms with E-state index >= 15 is 0 Å². The fraction of sp³-hybridized carbons (Fsp3) is 0.923. The van der Waals surface area contributed by atoms with Crippen molar-refractivity contribution in [2.24, 2.45) is 11.3 Å². The molecule has 2 aliphatic rings. The normalized spacial score (nSPS) is 35.2. The van der Waals surface area contributed by atoms with E-state index < -0.39 is 9.75 Å². The van der Waals surface area contributed by atoms with Gasteiger partial charge in [-0.2, -0.15) is 0 Å². The Hall–Kier alpha value is 0.01000. The number of piperidine rings is 1. The topological polar surface area (TPSA) is 32.3 Å². The third-order valence-electron chi connectivity index (χ3n) is 4.21. The van der Waals surface area contributed by atoms with E-state index in [0.29, 0.717) is 13.0 Å². The zero-order chi connectivity index (χ0) is 13.4. The van der Waals surface area contributed by atoms with Crippen molar-refractivity contribution in [1.29, 1.82) is 0 Å². The second kappa shape index (κ2) is 5.18. The lowest BCUT2D eigenvalue weighted by molar-refractivity contribution is -0.125. The Morgan fingerprint density at radius 2 is 2.17 bits per heavy atom. The minimum Gasteiger partial charge on any atom is -0.354 e. The van der Waals surface area contributed by atoms with Gasteiger partial charge in [-0.1, -0.05) is 6.92 Å². The minimum atomic E-state index is -0.864. The minimum absolute atomic E-state index is 0.0162. The van der Waals surface area contributed by atoms with Gasteiger partial charge in [-0.15, -0.1) is 23.2 Å². The number of nitrogens with zero attached hydrogens (tertiary/aromatic N) is 1. The van der Waals surface area contributed by atoms with E-state index in [2.05, 4.69) is 17.1 Å². The fourth-order valence-corrected chi connectivity index (χ4v) is 3.36. The predicted molar refractivity (Wildman–Crippen MR) is 75.0 cm³/mol. The van der Waals surface area contributed by atoms with Crippen LogP contribution in [0.4, 0.5) is 0 Å². The summed E-state index contributed by atoms with van der Waals surface area (Å²) in [5, 5.41) is 2.95. The number of amides is 1. The van der Waals surface area contributed by atoms with Crippen LogP contribution in [0.15, 0.2) is 0 Å². The summed E-state index contributed by atoms with van der Waals surface area (Å²) in [6.07, 6.45) is 3.14. The zero-order valence-electron chi connectivity index (χ0n) is 11.1. The molecule has 1 saturated carbocycles. The van der Waals surface area contributed by atoms with Crippen LogP contribution in [0.2, 0.25) is 0 Å². The molecule has 0 unspecified atom stereocenters. The maximum atomic E-state index is 12.0. The molecule has 5 heteroatoms. The van der Waals surface area contributed by atoms with Crippen molar-refractivity contribution in [2.45, 2.75) is 37.4 Å². The molecule has 1 N–H and O–H groups in total. The van der Waals surface area contributed by atoms with Gasteiger partial charge in [-0.25, -0.2) is 0 Å². The molecule has 0 aromatic rings. The number of likely N-dealkylation sites (tertiary alicyclic amines) is 1. The van der Waals surface area contributed by atoms with Crippen LogP contribution >= 0.6 is 23.2 Å². The molecule has 1 amide bonds. The first kappa shape index (κ1) is 14.4.